The lowest BCUT2D eigenvalue weighted by Gasteiger charge is -2.28. The summed E-state index contributed by atoms with van der Waals surface area (Å²) in [5, 5.41) is 4.03. The Labute approximate surface area is 171 Å². The van der Waals surface area contributed by atoms with Gasteiger partial charge >= 0.3 is 5.97 Å². The van der Waals surface area contributed by atoms with E-state index in [1.165, 1.54) is 16.2 Å². The maximum absolute atomic E-state index is 11.7. The van der Waals surface area contributed by atoms with Crippen LogP contribution in [0.25, 0.3) is 0 Å². The third kappa shape index (κ3) is 3.57. The van der Waals surface area contributed by atoms with Crippen molar-refractivity contribution in [3.05, 3.63) is 50.6 Å². The van der Waals surface area contributed by atoms with Crippen LogP contribution in [-0.2, 0) is 9.53 Å². The number of pyridine rings is 1. The zero-order valence-electron chi connectivity index (χ0n) is 14.9. The van der Waals surface area contributed by atoms with Gasteiger partial charge in [-0.15, -0.1) is 0 Å². The molecule has 0 aliphatic carbocycles. The Kier molecular flexibility index (Phi) is 5.81. The molecule has 2 aromatic heterocycles. The van der Waals surface area contributed by atoms with E-state index >= 15 is 0 Å². The fraction of sp³-hybridized carbons (Fsp3) is 0.389. The van der Waals surface area contributed by atoms with Crippen LogP contribution in [0.1, 0.15) is 41.1 Å². The van der Waals surface area contributed by atoms with Gasteiger partial charge in [0, 0.05) is 33.3 Å². The fourth-order valence-corrected chi connectivity index (χ4v) is 4.59. The second kappa shape index (κ2) is 7.91. The second-order valence-electron chi connectivity index (χ2n) is 6.25. The van der Waals surface area contributed by atoms with Crippen molar-refractivity contribution in [3.63, 3.8) is 0 Å². The number of hydrogen-bond donors (Lipinski definition) is 2. The number of aryl methyl sites for hydroxylation is 2. The van der Waals surface area contributed by atoms with Gasteiger partial charge in [0.25, 0.3) is 0 Å². The Bertz CT molecular complexity index is 824. The molecule has 26 heavy (non-hydrogen) atoms. The van der Waals surface area contributed by atoms with Crippen LogP contribution in [0.5, 0.6) is 0 Å². The van der Waals surface area contributed by atoms with E-state index in [0.717, 1.165) is 17.1 Å². The summed E-state index contributed by atoms with van der Waals surface area (Å²) in [6, 6.07) is 5.75. The molecule has 0 unspecified atom stereocenters. The highest BCUT2D eigenvalue weighted by Gasteiger charge is 2.42. The first kappa shape index (κ1) is 19.1. The van der Waals surface area contributed by atoms with Crippen molar-refractivity contribution in [1.82, 2.24) is 20.2 Å². The Hall–Kier alpha value is -1.68. The van der Waals surface area contributed by atoms with Crippen molar-refractivity contribution in [3.8, 4) is 0 Å². The van der Waals surface area contributed by atoms with Crippen molar-refractivity contribution in [1.29, 1.82) is 0 Å². The van der Waals surface area contributed by atoms with E-state index < -0.39 is 0 Å². The number of aromatic amines is 1. The average molecular weight is 484 g/mol. The molecule has 2 N–H and O–H groups in total. The van der Waals surface area contributed by atoms with Gasteiger partial charge in [-0.05, 0) is 60.8 Å². The molecule has 1 saturated heterocycles. The number of rotatable bonds is 5. The van der Waals surface area contributed by atoms with Gasteiger partial charge in [-0.25, -0.2) is 0 Å². The normalized spacial score (nSPS) is 19.5. The molecule has 6 nitrogen and oxygen atoms in total. The number of thiocarbonyl (C=S) groups is 1. The summed E-state index contributed by atoms with van der Waals surface area (Å²) in [4.78, 5) is 21.7. The molecule has 0 amide bonds. The second-order valence-corrected chi connectivity index (χ2v) is 7.71. The number of H-pyrrole nitrogens is 1. The first-order chi connectivity index (χ1) is 12.4. The third-order valence-corrected chi connectivity index (χ3v) is 6.37. The van der Waals surface area contributed by atoms with Gasteiger partial charge in [0.05, 0.1) is 31.3 Å². The number of carbonyl (C=O) groups is 1. The summed E-state index contributed by atoms with van der Waals surface area (Å²) >= 11 is 7.97. The number of nitrogens with one attached hydrogen (secondary N) is 2. The van der Waals surface area contributed by atoms with Crippen LogP contribution in [-0.4, -0.2) is 39.6 Å². The maximum Gasteiger partial charge on any atom is 0.307 e. The summed E-state index contributed by atoms with van der Waals surface area (Å²) in [6.45, 7) is 4.62. The molecule has 138 valence electrons. The largest absolute Gasteiger partial charge is 0.469 e. The molecule has 3 heterocycles. The topological polar surface area (TPSA) is 70.2 Å². The summed E-state index contributed by atoms with van der Waals surface area (Å²) in [5.74, 6) is -0.246. The molecule has 0 aromatic carbocycles. The highest BCUT2D eigenvalue weighted by Crippen LogP contribution is 2.42. The standard InChI is InChI=1S/C18H21IN4O2S/c1-10-14(15(19)11(2)21-10)17-16(12-6-4-5-8-20-12)22-18(26)23(17)9-7-13(24)25-3/h4-6,8,16-17,21H,7,9H2,1-3H3,(H,22,26)/t16-,17+/m0/s1. The van der Waals surface area contributed by atoms with E-state index in [0.29, 0.717) is 11.7 Å². The van der Waals surface area contributed by atoms with Crippen LogP contribution in [0.3, 0.4) is 0 Å². The monoisotopic (exact) mass is 484 g/mol. The fourth-order valence-electron chi connectivity index (χ4n) is 3.40. The minimum atomic E-state index is -0.246. The minimum absolute atomic E-state index is 0.0427. The molecule has 3 rings (SSSR count). The van der Waals surface area contributed by atoms with Crippen LogP contribution < -0.4 is 5.32 Å². The Morgan fingerprint density at radius 1 is 1.38 bits per heavy atom. The first-order valence-electron chi connectivity index (χ1n) is 8.33. The Morgan fingerprint density at radius 3 is 2.73 bits per heavy atom. The van der Waals surface area contributed by atoms with Gasteiger partial charge in [0.2, 0.25) is 0 Å². The molecule has 1 aliphatic heterocycles. The van der Waals surface area contributed by atoms with Crippen molar-refractivity contribution in [2.45, 2.75) is 32.4 Å². The number of ether oxygens (including phenoxy) is 1. The van der Waals surface area contributed by atoms with Gasteiger partial charge in [-0.2, -0.15) is 0 Å². The highest BCUT2D eigenvalue weighted by molar-refractivity contribution is 14.1. The number of esters is 1. The molecular weight excluding hydrogens is 463 g/mol. The van der Waals surface area contributed by atoms with Crippen molar-refractivity contribution < 1.29 is 9.53 Å². The molecule has 8 heteroatoms. The van der Waals surface area contributed by atoms with Crippen LogP contribution in [0.2, 0.25) is 0 Å². The maximum atomic E-state index is 11.7. The van der Waals surface area contributed by atoms with Crippen LogP contribution in [0, 0.1) is 17.4 Å². The molecule has 1 aliphatic rings. The van der Waals surface area contributed by atoms with E-state index in [4.69, 9.17) is 17.0 Å². The molecule has 1 fully saturated rings. The predicted octanol–water partition coefficient (Wildman–Crippen LogP) is 3.17. The van der Waals surface area contributed by atoms with E-state index in [1.807, 2.05) is 18.2 Å². The van der Waals surface area contributed by atoms with Crippen LogP contribution in [0.4, 0.5) is 0 Å². The molecule has 0 saturated carbocycles. The molecule has 0 bridgehead atoms. The summed E-state index contributed by atoms with van der Waals surface area (Å²) in [6.07, 6.45) is 2.07. The SMILES string of the molecule is COC(=O)CCN1C(=S)N[C@@H](c2ccccn2)[C@H]1c1c(C)[nH]c(C)c1I. The van der Waals surface area contributed by atoms with Crippen molar-refractivity contribution >= 4 is 45.9 Å². The summed E-state index contributed by atoms with van der Waals surface area (Å²) in [7, 11) is 1.40. The zero-order chi connectivity index (χ0) is 18.8. The zero-order valence-corrected chi connectivity index (χ0v) is 17.8. The van der Waals surface area contributed by atoms with Crippen LogP contribution in [0.15, 0.2) is 24.4 Å². The number of methoxy groups -OCH3 is 1. The third-order valence-electron chi connectivity index (χ3n) is 4.62. The van der Waals surface area contributed by atoms with Gasteiger partial charge < -0.3 is 19.9 Å². The lowest BCUT2D eigenvalue weighted by molar-refractivity contribution is -0.140. The van der Waals surface area contributed by atoms with Gasteiger partial charge in [-0.3, -0.25) is 9.78 Å². The minimum Gasteiger partial charge on any atom is -0.469 e. The summed E-state index contributed by atoms with van der Waals surface area (Å²) < 4.78 is 5.98. The molecule has 2 aromatic rings. The average Bonchev–Trinajstić information content (AvgIpc) is 3.09. The smallest absolute Gasteiger partial charge is 0.307 e. The van der Waals surface area contributed by atoms with Crippen LogP contribution >= 0.6 is 34.8 Å². The van der Waals surface area contributed by atoms with E-state index in [1.54, 1.807) is 6.20 Å². The first-order valence-corrected chi connectivity index (χ1v) is 9.82. The van der Waals surface area contributed by atoms with E-state index in [-0.39, 0.29) is 24.5 Å². The quantitative estimate of drug-likeness (QED) is 0.386. The molecule has 0 radical (unpaired) electrons. The Balaban J connectivity index is 2.03. The van der Waals surface area contributed by atoms with E-state index in [2.05, 4.69) is 56.6 Å². The van der Waals surface area contributed by atoms with Crippen molar-refractivity contribution in [2.24, 2.45) is 0 Å². The predicted molar refractivity (Wildman–Crippen MR) is 112 cm³/mol. The van der Waals surface area contributed by atoms with Gasteiger partial charge in [-0.1, -0.05) is 6.07 Å². The van der Waals surface area contributed by atoms with Gasteiger partial charge in [0.1, 0.15) is 0 Å². The lowest BCUT2D eigenvalue weighted by atomic mass is 9.96. The van der Waals surface area contributed by atoms with Crippen molar-refractivity contribution in [2.75, 3.05) is 13.7 Å². The number of hydrogen-bond acceptors (Lipinski definition) is 4. The number of carbonyl (C=O) groups excluding carboxylic acids is 1. The number of halogens is 1. The molecule has 0 spiro atoms. The summed E-state index contributed by atoms with van der Waals surface area (Å²) in [5.41, 5.74) is 4.35. The highest BCUT2D eigenvalue weighted by atomic mass is 127. The lowest BCUT2D eigenvalue weighted by Crippen LogP contribution is -2.32. The molecule has 2 atom stereocenters. The Morgan fingerprint density at radius 2 is 2.15 bits per heavy atom. The van der Waals surface area contributed by atoms with Gasteiger partial charge in [0.15, 0.2) is 5.11 Å². The molecular formula is C18H21IN4O2S. The number of aromatic nitrogens is 2. The van der Waals surface area contributed by atoms with E-state index in [9.17, 15) is 4.79 Å². The number of nitrogens with zero attached hydrogens (tertiary/aromatic N) is 2.